The molecule has 14 heavy (non-hydrogen) atoms. The van der Waals surface area contributed by atoms with Gasteiger partial charge in [0.2, 0.25) is 5.91 Å². The van der Waals surface area contributed by atoms with Crippen molar-refractivity contribution >= 4 is 5.91 Å². The van der Waals surface area contributed by atoms with E-state index < -0.39 is 6.67 Å². The molecule has 0 heterocycles. The van der Waals surface area contributed by atoms with Crippen LogP contribution in [-0.2, 0) is 4.79 Å². The summed E-state index contributed by atoms with van der Waals surface area (Å²) in [5.74, 6) is 0.145. The van der Waals surface area contributed by atoms with Gasteiger partial charge in [0.25, 0.3) is 0 Å². The van der Waals surface area contributed by atoms with E-state index in [9.17, 15) is 9.18 Å². The Kier molecular flexibility index (Phi) is 7.44. The van der Waals surface area contributed by atoms with Gasteiger partial charge in [-0.15, -0.1) is 0 Å². The molecule has 84 valence electrons. The normalized spacial score (nSPS) is 14.9. The molecule has 0 aromatic carbocycles. The van der Waals surface area contributed by atoms with Crippen molar-refractivity contribution in [1.82, 2.24) is 5.32 Å². The average Bonchev–Trinajstić information content (AvgIpc) is 2.16. The molecule has 2 atom stereocenters. The first-order valence-electron chi connectivity index (χ1n) is 5.48. The number of carbonyl (C=O) groups is 1. The third kappa shape index (κ3) is 5.20. The van der Waals surface area contributed by atoms with Gasteiger partial charge in [-0.2, -0.15) is 0 Å². The lowest BCUT2D eigenvalue weighted by Crippen LogP contribution is -2.40. The van der Waals surface area contributed by atoms with Crippen molar-refractivity contribution in [2.75, 3.05) is 6.67 Å². The minimum absolute atomic E-state index is 0.136. The lowest BCUT2D eigenvalue weighted by molar-refractivity contribution is -0.120. The highest BCUT2D eigenvalue weighted by molar-refractivity contribution is 5.73. The van der Waals surface area contributed by atoms with Crippen molar-refractivity contribution in [2.45, 2.75) is 52.5 Å². The Bertz CT molecular complexity index is 161. The zero-order chi connectivity index (χ0) is 11.0. The maximum absolute atomic E-state index is 12.7. The molecule has 1 N–H and O–H groups in total. The van der Waals surface area contributed by atoms with Gasteiger partial charge in [0.1, 0.15) is 6.67 Å². The van der Waals surface area contributed by atoms with E-state index in [0.29, 0.717) is 0 Å². The van der Waals surface area contributed by atoms with Crippen LogP contribution in [0, 0.1) is 5.92 Å². The number of rotatable bonds is 7. The first-order valence-corrected chi connectivity index (χ1v) is 5.48. The van der Waals surface area contributed by atoms with E-state index in [1.807, 2.05) is 6.92 Å². The fraction of sp³-hybridized carbons (Fsp3) is 0.909. The van der Waals surface area contributed by atoms with Gasteiger partial charge < -0.3 is 5.32 Å². The molecule has 0 spiro atoms. The zero-order valence-corrected chi connectivity index (χ0v) is 9.48. The third-order valence-electron chi connectivity index (χ3n) is 2.58. The number of carbonyl (C=O) groups excluding carboxylic acids is 1. The number of unbranched alkanes of at least 4 members (excludes halogenated alkanes) is 1. The van der Waals surface area contributed by atoms with Crippen molar-refractivity contribution in [1.29, 1.82) is 0 Å². The van der Waals surface area contributed by atoms with Crippen LogP contribution >= 0.6 is 0 Å². The lowest BCUT2D eigenvalue weighted by atomic mass is 9.92. The van der Waals surface area contributed by atoms with E-state index >= 15 is 0 Å². The van der Waals surface area contributed by atoms with Gasteiger partial charge >= 0.3 is 0 Å². The molecule has 0 aliphatic carbocycles. The van der Waals surface area contributed by atoms with E-state index in [1.165, 1.54) is 6.92 Å². The molecule has 0 fully saturated rings. The van der Waals surface area contributed by atoms with E-state index in [0.717, 1.165) is 25.7 Å². The Morgan fingerprint density at radius 1 is 1.43 bits per heavy atom. The number of halogens is 1. The predicted molar refractivity (Wildman–Crippen MR) is 56.9 cm³/mol. The molecule has 0 unspecified atom stereocenters. The molecule has 0 aliphatic heterocycles. The summed E-state index contributed by atoms with van der Waals surface area (Å²) in [5, 5.41) is 2.68. The van der Waals surface area contributed by atoms with Gasteiger partial charge in [-0.25, -0.2) is 4.39 Å². The molecule has 0 rings (SSSR count). The highest BCUT2D eigenvalue weighted by Crippen LogP contribution is 2.17. The molecular weight excluding hydrogens is 181 g/mol. The van der Waals surface area contributed by atoms with E-state index in [1.54, 1.807) is 0 Å². The van der Waals surface area contributed by atoms with Crippen LogP contribution in [0.15, 0.2) is 0 Å². The molecule has 0 saturated carbocycles. The fourth-order valence-corrected chi connectivity index (χ4v) is 1.70. The molecule has 0 aliphatic rings. The SMILES string of the molecule is CCCC[C@@H](CC)[C@@H](CF)NC(C)=O. The van der Waals surface area contributed by atoms with Crippen molar-refractivity contribution in [3.63, 3.8) is 0 Å². The maximum atomic E-state index is 12.7. The maximum Gasteiger partial charge on any atom is 0.217 e. The number of amides is 1. The Labute approximate surface area is 86.3 Å². The molecule has 1 amide bonds. The highest BCUT2D eigenvalue weighted by Gasteiger charge is 2.19. The van der Waals surface area contributed by atoms with Crippen molar-refractivity contribution in [2.24, 2.45) is 5.92 Å². The largest absolute Gasteiger partial charge is 0.351 e. The topological polar surface area (TPSA) is 29.1 Å². The monoisotopic (exact) mass is 203 g/mol. The van der Waals surface area contributed by atoms with Gasteiger partial charge in [0.05, 0.1) is 6.04 Å². The minimum Gasteiger partial charge on any atom is -0.351 e. The first kappa shape index (κ1) is 13.4. The molecule has 0 bridgehead atoms. The van der Waals surface area contributed by atoms with Crippen molar-refractivity contribution < 1.29 is 9.18 Å². The average molecular weight is 203 g/mol. The van der Waals surface area contributed by atoms with Crippen LogP contribution in [0.3, 0.4) is 0 Å². The standard InChI is InChI=1S/C11H22FNO/c1-4-6-7-10(5-2)11(8-12)13-9(3)14/h10-11H,4-8H2,1-3H3,(H,13,14)/t10-,11-/m1/s1. The molecular formula is C11H22FNO. The number of alkyl halides is 1. The summed E-state index contributed by atoms with van der Waals surface area (Å²) in [5.41, 5.74) is 0. The Morgan fingerprint density at radius 2 is 2.07 bits per heavy atom. The Morgan fingerprint density at radius 3 is 2.43 bits per heavy atom. The summed E-state index contributed by atoms with van der Waals surface area (Å²) in [6.45, 7) is 5.15. The smallest absolute Gasteiger partial charge is 0.217 e. The number of nitrogens with one attached hydrogen (secondary N) is 1. The van der Waals surface area contributed by atoms with Gasteiger partial charge in [-0.05, 0) is 12.3 Å². The van der Waals surface area contributed by atoms with Crippen molar-refractivity contribution in [3.8, 4) is 0 Å². The summed E-state index contributed by atoms with van der Waals surface area (Å²) in [7, 11) is 0. The Hall–Kier alpha value is -0.600. The van der Waals surface area contributed by atoms with Crippen molar-refractivity contribution in [3.05, 3.63) is 0 Å². The van der Waals surface area contributed by atoms with Crippen LogP contribution in [0.25, 0.3) is 0 Å². The fourth-order valence-electron chi connectivity index (χ4n) is 1.70. The quantitative estimate of drug-likeness (QED) is 0.677. The number of hydrogen-bond donors (Lipinski definition) is 1. The summed E-state index contributed by atoms with van der Waals surface area (Å²) >= 11 is 0. The lowest BCUT2D eigenvalue weighted by Gasteiger charge is -2.24. The molecule has 0 aromatic rings. The zero-order valence-electron chi connectivity index (χ0n) is 9.48. The number of hydrogen-bond acceptors (Lipinski definition) is 1. The second-order valence-corrected chi connectivity index (χ2v) is 3.77. The Balaban J connectivity index is 4.06. The molecule has 0 aromatic heterocycles. The predicted octanol–water partition coefficient (Wildman–Crippen LogP) is 2.68. The summed E-state index contributed by atoms with van der Waals surface area (Å²) in [6, 6.07) is -0.288. The highest BCUT2D eigenvalue weighted by atomic mass is 19.1. The van der Waals surface area contributed by atoms with Gasteiger partial charge in [0, 0.05) is 6.92 Å². The molecule has 3 heteroatoms. The summed E-state index contributed by atoms with van der Waals surface area (Å²) in [6.07, 6.45) is 4.15. The molecule has 0 radical (unpaired) electrons. The van der Waals surface area contributed by atoms with E-state index in [4.69, 9.17) is 0 Å². The third-order valence-corrected chi connectivity index (χ3v) is 2.58. The van der Waals surface area contributed by atoms with Crippen LogP contribution in [0.4, 0.5) is 4.39 Å². The second-order valence-electron chi connectivity index (χ2n) is 3.77. The molecule has 0 saturated heterocycles. The van der Waals surface area contributed by atoms with Crippen LogP contribution in [0.1, 0.15) is 46.5 Å². The van der Waals surface area contributed by atoms with Gasteiger partial charge in [-0.3, -0.25) is 4.79 Å². The second kappa shape index (κ2) is 7.77. The minimum atomic E-state index is -0.457. The summed E-state index contributed by atoms with van der Waals surface area (Å²) < 4.78 is 12.7. The van der Waals surface area contributed by atoms with E-state index in [2.05, 4.69) is 12.2 Å². The molecule has 2 nitrogen and oxygen atoms in total. The van der Waals surface area contributed by atoms with Gasteiger partial charge in [0.15, 0.2) is 0 Å². The first-order chi connectivity index (χ1) is 6.65. The van der Waals surface area contributed by atoms with Crippen LogP contribution in [0.2, 0.25) is 0 Å². The van der Waals surface area contributed by atoms with Crippen LogP contribution in [0.5, 0.6) is 0 Å². The van der Waals surface area contributed by atoms with E-state index in [-0.39, 0.29) is 17.9 Å². The van der Waals surface area contributed by atoms with Gasteiger partial charge in [-0.1, -0.05) is 33.1 Å². The summed E-state index contributed by atoms with van der Waals surface area (Å²) in [4.78, 5) is 10.8. The van der Waals surface area contributed by atoms with Crippen LogP contribution in [-0.4, -0.2) is 18.6 Å². The van der Waals surface area contributed by atoms with Crippen LogP contribution < -0.4 is 5.32 Å².